The van der Waals surface area contributed by atoms with Gasteiger partial charge < -0.3 is 34.5 Å². The summed E-state index contributed by atoms with van der Waals surface area (Å²) in [4.78, 5) is 0. The molecular weight excluding hydrogens is 386 g/mol. The summed E-state index contributed by atoms with van der Waals surface area (Å²) in [7, 11) is 0. The van der Waals surface area contributed by atoms with Crippen LogP contribution < -0.4 is 4.74 Å². The van der Waals surface area contributed by atoms with Crippen LogP contribution in [0.3, 0.4) is 0 Å². The molecule has 0 aliphatic carbocycles. The first-order valence-electron chi connectivity index (χ1n) is 10.1. The van der Waals surface area contributed by atoms with Crippen LogP contribution in [0.25, 0.3) is 10.9 Å². The highest BCUT2D eigenvalue weighted by molar-refractivity contribution is 5.84. The molecule has 4 rings (SSSR count). The minimum absolute atomic E-state index is 0.452. The molecule has 1 saturated heterocycles. The van der Waals surface area contributed by atoms with E-state index in [9.17, 15) is 20.4 Å². The molecule has 160 valence electrons. The zero-order valence-electron chi connectivity index (χ0n) is 16.8. The fourth-order valence-electron chi connectivity index (χ4n) is 4.05. The lowest BCUT2D eigenvalue weighted by Gasteiger charge is -2.40. The Balaban J connectivity index is 1.68. The Hall–Kier alpha value is -2.42. The Morgan fingerprint density at radius 1 is 0.967 bits per heavy atom. The summed E-state index contributed by atoms with van der Waals surface area (Å²) in [6.45, 7) is 2.71. The van der Waals surface area contributed by atoms with E-state index in [4.69, 9.17) is 9.47 Å². The van der Waals surface area contributed by atoms with E-state index >= 15 is 0 Å². The van der Waals surface area contributed by atoms with Crippen LogP contribution in [-0.2, 0) is 11.3 Å². The summed E-state index contributed by atoms with van der Waals surface area (Å²) in [5, 5.41) is 41.3. The van der Waals surface area contributed by atoms with Crippen LogP contribution in [0.1, 0.15) is 24.2 Å². The lowest BCUT2D eigenvalue weighted by Crippen LogP contribution is -2.55. The third-order valence-corrected chi connectivity index (χ3v) is 5.61. The highest BCUT2D eigenvalue weighted by Crippen LogP contribution is 2.37. The van der Waals surface area contributed by atoms with Gasteiger partial charge in [-0.3, -0.25) is 0 Å². The van der Waals surface area contributed by atoms with E-state index in [-0.39, 0.29) is 0 Å². The summed E-state index contributed by atoms with van der Waals surface area (Å²) >= 11 is 0. The number of ether oxygens (including phenoxy) is 2. The van der Waals surface area contributed by atoms with Gasteiger partial charge >= 0.3 is 0 Å². The maximum absolute atomic E-state index is 10.6. The van der Waals surface area contributed by atoms with E-state index in [1.165, 1.54) is 0 Å². The first-order chi connectivity index (χ1) is 14.5. The van der Waals surface area contributed by atoms with Gasteiger partial charge in [-0.1, -0.05) is 30.3 Å². The second kappa shape index (κ2) is 8.75. The topological polar surface area (TPSA) is 104 Å². The number of nitrogens with zero attached hydrogens (tertiary/aromatic N) is 1. The first kappa shape index (κ1) is 20.8. The van der Waals surface area contributed by atoms with Crippen molar-refractivity contribution in [1.82, 2.24) is 4.57 Å². The van der Waals surface area contributed by atoms with Gasteiger partial charge in [0.25, 0.3) is 0 Å². The standard InChI is InChI=1S/C23H27NO6/c1-2-29-15-9-7-14(8-10-15)11-24-12-17(16-5-3-4-6-18(16)24)23-22(28)21(27)20(26)19(13-25)30-23/h3-10,12,19-23,25-28H,2,11,13H2,1H3/t19-,20-,21+,22-,23+/m1/s1. The molecule has 2 aromatic carbocycles. The Morgan fingerprint density at radius 2 is 1.70 bits per heavy atom. The van der Waals surface area contributed by atoms with Gasteiger partial charge in [-0.25, -0.2) is 0 Å². The Morgan fingerprint density at radius 3 is 2.40 bits per heavy atom. The Labute approximate surface area is 174 Å². The number of hydrogen-bond acceptors (Lipinski definition) is 6. The molecule has 0 spiro atoms. The molecular formula is C23H27NO6. The molecule has 7 nitrogen and oxygen atoms in total. The van der Waals surface area contributed by atoms with Gasteiger partial charge in [0.1, 0.15) is 36.3 Å². The fraction of sp³-hybridized carbons (Fsp3) is 0.391. The molecule has 0 radical (unpaired) electrons. The van der Waals surface area contributed by atoms with E-state index in [2.05, 4.69) is 4.57 Å². The summed E-state index contributed by atoms with van der Waals surface area (Å²) in [5.41, 5.74) is 2.74. The van der Waals surface area contributed by atoms with Crippen molar-refractivity contribution in [2.45, 2.75) is 44.0 Å². The summed E-state index contributed by atoms with van der Waals surface area (Å²) in [6, 6.07) is 15.6. The van der Waals surface area contributed by atoms with Crippen molar-refractivity contribution in [1.29, 1.82) is 0 Å². The lowest BCUT2D eigenvalue weighted by atomic mass is 9.91. The van der Waals surface area contributed by atoms with Gasteiger partial charge in [0.2, 0.25) is 0 Å². The number of aliphatic hydroxyl groups is 4. The van der Waals surface area contributed by atoms with Crippen molar-refractivity contribution in [3.8, 4) is 5.75 Å². The van der Waals surface area contributed by atoms with Crippen molar-refractivity contribution < 1.29 is 29.9 Å². The zero-order chi connectivity index (χ0) is 21.3. The third kappa shape index (κ3) is 3.82. The molecule has 0 unspecified atom stereocenters. The molecule has 30 heavy (non-hydrogen) atoms. The largest absolute Gasteiger partial charge is 0.494 e. The first-order valence-corrected chi connectivity index (χ1v) is 10.1. The van der Waals surface area contributed by atoms with Gasteiger partial charge in [-0.05, 0) is 30.7 Å². The van der Waals surface area contributed by atoms with E-state index in [1.807, 2.05) is 61.7 Å². The Kier molecular flexibility index (Phi) is 6.08. The van der Waals surface area contributed by atoms with Crippen molar-refractivity contribution in [3.63, 3.8) is 0 Å². The SMILES string of the molecule is CCOc1ccc(Cn2cc([C@@H]3O[C@H](CO)[C@@H](O)[C@H](O)[C@H]3O)c3ccccc32)cc1. The minimum atomic E-state index is -1.41. The normalized spacial score (nSPS) is 26.8. The monoisotopic (exact) mass is 413 g/mol. The number of aromatic nitrogens is 1. The molecule has 7 heteroatoms. The van der Waals surface area contributed by atoms with Crippen molar-refractivity contribution in [3.05, 3.63) is 65.9 Å². The predicted molar refractivity (Wildman–Crippen MR) is 111 cm³/mol. The van der Waals surface area contributed by atoms with Crippen LogP contribution in [0.5, 0.6) is 5.75 Å². The fourth-order valence-corrected chi connectivity index (χ4v) is 4.05. The van der Waals surface area contributed by atoms with Crippen LogP contribution >= 0.6 is 0 Å². The van der Waals surface area contributed by atoms with Crippen molar-refractivity contribution >= 4 is 10.9 Å². The number of fused-ring (bicyclic) bond motifs is 1. The van der Waals surface area contributed by atoms with Crippen molar-refractivity contribution in [2.75, 3.05) is 13.2 Å². The molecule has 0 bridgehead atoms. The van der Waals surface area contributed by atoms with Crippen LogP contribution in [0.4, 0.5) is 0 Å². The van der Waals surface area contributed by atoms with E-state index in [0.717, 1.165) is 22.2 Å². The van der Waals surface area contributed by atoms with Crippen LogP contribution in [-0.4, -0.2) is 62.6 Å². The van der Waals surface area contributed by atoms with Gasteiger partial charge in [0, 0.05) is 29.2 Å². The average molecular weight is 413 g/mol. The second-order valence-corrected chi connectivity index (χ2v) is 7.56. The molecule has 1 aliphatic heterocycles. The predicted octanol–water partition coefficient (Wildman–Crippen LogP) is 1.60. The molecule has 1 aromatic heterocycles. The summed E-state index contributed by atoms with van der Waals surface area (Å²) in [6.07, 6.45) is -4.01. The van der Waals surface area contributed by atoms with E-state index < -0.39 is 37.1 Å². The van der Waals surface area contributed by atoms with Gasteiger partial charge in [0.05, 0.1) is 13.2 Å². The third-order valence-electron chi connectivity index (χ3n) is 5.61. The number of aliphatic hydroxyl groups excluding tert-OH is 4. The number of rotatable bonds is 6. The molecule has 0 amide bonds. The van der Waals surface area contributed by atoms with E-state index in [1.54, 1.807) is 0 Å². The van der Waals surface area contributed by atoms with Crippen LogP contribution in [0, 0.1) is 0 Å². The van der Waals surface area contributed by atoms with Crippen LogP contribution in [0.15, 0.2) is 54.7 Å². The quantitative estimate of drug-likeness (QED) is 0.489. The molecule has 2 heterocycles. The second-order valence-electron chi connectivity index (χ2n) is 7.56. The molecule has 3 aromatic rings. The summed E-state index contributed by atoms with van der Waals surface area (Å²) < 4.78 is 13.3. The Bertz CT molecular complexity index is 983. The van der Waals surface area contributed by atoms with E-state index in [0.29, 0.717) is 18.7 Å². The number of benzene rings is 2. The average Bonchev–Trinajstić information content (AvgIpc) is 3.12. The highest BCUT2D eigenvalue weighted by Gasteiger charge is 2.44. The molecule has 5 atom stereocenters. The van der Waals surface area contributed by atoms with Crippen LogP contribution in [0.2, 0.25) is 0 Å². The van der Waals surface area contributed by atoms with Gasteiger partial charge in [0.15, 0.2) is 0 Å². The maximum Gasteiger partial charge on any atom is 0.119 e. The summed E-state index contributed by atoms with van der Waals surface area (Å²) in [5.74, 6) is 0.820. The molecule has 1 fully saturated rings. The maximum atomic E-state index is 10.6. The molecule has 0 saturated carbocycles. The number of para-hydroxylation sites is 1. The zero-order valence-corrected chi connectivity index (χ0v) is 16.8. The molecule has 4 N–H and O–H groups in total. The minimum Gasteiger partial charge on any atom is -0.494 e. The van der Waals surface area contributed by atoms with Gasteiger partial charge in [-0.2, -0.15) is 0 Å². The van der Waals surface area contributed by atoms with Crippen molar-refractivity contribution in [2.24, 2.45) is 0 Å². The van der Waals surface area contributed by atoms with Gasteiger partial charge in [-0.15, -0.1) is 0 Å². The molecule has 1 aliphatic rings. The highest BCUT2D eigenvalue weighted by atomic mass is 16.5. The number of hydrogen-bond donors (Lipinski definition) is 4. The lowest BCUT2D eigenvalue weighted by molar-refractivity contribution is -0.231. The smallest absolute Gasteiger partial charge is 0.119 e.